The average molecular weight is 432 g/mol. The second-order valence-electron chi connectivity index (χ2n) is 10.3. The number of methoxy groups -OCH3 is 1. The Morgan fingerprint density at radius 2 is 1.74 bits per heavy atom. The van der Waals surface area contributed by atoms with Crippen LogP contribution in [-0.4, -0.2) is 74.0 Å². The fourth-order valence-electron chi connectivity index (χ4n) is 4.67. The van der Waals surface area contributed by atoms with Gasteiger partial charge in [-0.2, -0.15) is 0 Å². The molecule has 3 rings (SSSR count). The first-order valence-corrected chi connectivity index (χ1v) is 11.8. The van der Waals surface area contributed by atoms with Crippen molar-refractivity contribution >= 4 is 6.09 Å². The van der Waals surface area contributed by atoms with Gasteiger partial charge in [0.05, 0.1) is 6.61 Å². The summed E-state index contributed by atoms with van der Waals surface area (Å²) in [5.41, 5.74) is 1.04. The molecule has 0 aromatic heterocycles. The molecule has 1 N–H and O–H groups in total. The lowest BCUT2D eigenvalue weighted by Crippen LogP contribution is -2.52. The van der Waals surface area contributed by atoms with Gasteiger partial charge in [0.25, 0.3) is 0 Å². The Balaban J connectivity index is 1.43. The summed E-state index contributed by atoms with van der Waals surface area (Å²) in [6, 6.07) is 11.3. The number of piperidine rings is 2. The number of ether oxygens (including phenoxy) is 2. The third-order valence-corrected chi connectivity index (χ3v) is 6.53. The van der Waals surface area contributed by atoms with Crippen LogP contribution in [0.3, 0.4) is 0 Å². The van der Waals surface area contributed by atoms with Crippen LogP contribution >= 0.6 is 0 Å². The highest BCUT2D eigenvalue weighted by Gasteiger charge is 2.37. The standard InChI is InChI=1S/C25H41N3O3/c1-24(2,3)31-23(29)28-16-12-25(13-17-28,20-30-4)19-26-22-10-14-27(15-11-22)18-21-8-6-5-7-9-21/h5-9,22,26H,10-20H2,1-4H3. The number of carbonyl (C=O) groups is 1. The number of likely N-dealkylation sites (tertiary alicyclic amines) is 2. The molecule has 0 saturated carbocycles. The van der Waals surface area contributed by atoms with Gasteiger partial charge in [0.2, 0.25) is 0 Å². The van der Waals surface area contributed by atoms with Crippen LogP contribution in [0.5, 0.6) is 0 Å². The van der Waals surface area contributed by atoms with Gasteiger partial charge in [0.1, 0.15) is 5.60 Å². The molecule has 0 aliphatic carbocycles. The quantitative estimate of drug-likeness (QED) is 0.710. The number of carbonyl (C=O) groups excluding carboxylic acids is 1. The number of hydrogen-bond acceptors (Lipinski definition) is 5. The maximum Gasteiger partial charge on any atom is 0.410 e. The molecule has 2 aliphatic heterocycles. The van der Waals surface area contributed by atoms with E-state index in [2.05, 4.69) is 40.5 Å². The fourth-order valence-corrected chi connectivity index (χ4v) is 4.67. The smallest absolute Gasteiger partial charge is 0.410 e. The van der Waals surface area contributed by atoms with Crippen molar-refractivity contribution in [2.24, 2.45) is 5.41 Å². The SMILES string of the molecule is COCC1(CNC2CCN(Cc3ccccc3)CC2)CCN(C(=O)OC(C)(C)C)CC1. The Morgan fingerprint density at radius 1 is 1.10 bits per heavy atom. The zero-order valence-corrected chi connectivity index (χ0v) is 19.9. The van der Waals surface area contributed by atoms with E-state index in [9.17, 15) is 4.79 Å². The number of hydrogen-bond donors (Lipinski definition) is 1. The molecule has 2 aliphatic rings. The van der Waals surface area contributed by atoms with Crippen molar-refractivity contribution in [2.75, 3.05) is 46.4 Å². The highest BCUT2D eigenvalue weighted by molar-refractivity contribution is 5.68. The second kappa shape index (κ2) is 10.8. The molecule has 1 amide bonds. The Hall–Kier alpha value is -1.63. The van der Waals surface area contributed by atoms with Crippen molar-refractivity contribution in [1.29, 1.82) is 0 Å². The Bertz CT molecular complexity index is 673. The molecule has 2 heterocycles. The summed E-state index contributed by atoms with van der Waals surface area (Å²) in [6.45, 7) is 12.2. The zero-order chi connectivity index (χ0) is 22.3. The van der Waals surface area contributed by atoms with Gasteiger partial charge in [0, 0.05) is 44.7 Å². The van der Waals surface area contributed by atoms with E-state index in [4.69, 9.17) is 9.47 Å². The minimum atomic E-state index is -0.449. The van der Waals surface area contributed by atoms with E-state index < -0.39 is 5.60 Å². The summed E-state index contributed by atoms with van der Waals surface area (Å²) in [5.74, 6) is 0. The Kier molecular flexibility index (Phi) is 8.36. The third kappa shape index (κ3) is 7.48. The van der Waals surface area contributed by atoms with Gasteiger partial charge in [-0.25, -0.2) is 4.79 Å². The first-order valence-electron chi connectivity index (χ1n) is 11.8. The van der Waals surface area contributed by atoms with Crippen molar-refractivity contribution < 1.29 is 14.3 Å². The molecule has 0 spiro atoms. The topological polar surface area (TPSA) is 54.0 Å². The molecule has 2 fully saturated rings. The molecule has 174 valence electrons. The van der Waals surface area contributed by atoms with Crippen molar-refractivity contribution in [3.63, 3.8) is 0 Å². The van der Waals surface area contributed by atoms with Crippen molar-refractivity contribution in [3.8, 4) is 0 Å². The highest BCUT2D eigenvalue weighted by Crippen LogP contribution is 2.32. The maximum absolute atomic E-state index is 12.4. The van der Waals surface area contributed by atoms with Gasteiger partial charge in [-0.05, 0) is 65.1 Å². The lowest BCUT2D eigenvalue weighted by molar-refractivity contribution is -0.00792. The molecule has 0 radical (unpaired) electrons. The van der Waals surface area contributed by atoms with Crippen LogP contribution < -0.4 is 5.32 Å². The molecule has 31 heavy (non-hydrogen) atoms. The monoisotopic (exact) mass is 431 g/mol. The molecule has 0 atom stereocenters. The lowest BCUT2D eigenvalue weighted by atomic mass is 9.78. The van der Waals surface area contributed by atoms with E-state index in [1.54, 1.807) is 7.11 Å². The maximum atomic E-state index is 12.4. The van der Waals surface area contributed by atoms with Crippen LogP contribution in [0.2, 0.25) is 0 Å². The average Bonchev–Trinajstić information content (AvgIpc) is 2.74. The van der Waals surface area contributed by atoms with E-state index in [1.807, 2.05) is 25.7 Å². The normalized spacial score (nSPS) is 20.6. The van der Waals surface area contributed by atoms with Crippen LogP contribution in [0.1, 0.15) is 52.0 Å². The molecule has 1 aromatic carbocycles. The minimum Gasteiger partial charge on any atom is -0.444 e. The van der Waals surface area contributed by atoms with E-state index in [0.717, 1.165) is 58.7 Å². The predicted molar refractivity (Wildman–Crippen MR) is 124 cm³/mol. The summed E-state index contributed by atoms with van der Waals surface area (Å²) in [6.07, 6.45) is 4.05. The van der Waals surface area contributed by atoms with Gasteiger partial charge in [-0.3, -0.25) is 4.90 Å². The largest absolute Gasteiger partial charge is 0.444 e. The van der Waals surface area contributed by atoms with E-state index >= 15 is 0 Å². The van der Waals surface area contributed by atoms with E-state index in [-0.39, 0.29) is 11.5 Å². The fraction of sp³-hybridized carbons (Fsp3) is 0.720. The number of nitrogens with one attached hydrogen (secondary N) is 1. The van der Waals surface area contributed by atoms with Gasteiger partial charge in [-0.1, -0.05) is 30.3 Å². The predicted octanol–water partition coefficient (Wildman–Crippen LogP) is 3.90. The van der Waals surface area contributed by atoms with Crippen LogP contribution in [-0.2, 0) is 16.0 Å². The van der Waals surface area contributed by atoms with Crippen LogP contribution in [0.4, 0.5) is 4.79 Å². The summed E-state index contributed by atoms with van der Waals surface area (Å²) >= 11 is 0. The number of amides is 1. The Labute approximate surface area is 188 Å². The summed E-state index contributed by atoms with van der Waals surface area (Å²) in [4.78, 5) is 16.8. The van der Waals surface area contributed by atoms with Gasteiger partial charge in [-0.15, -0.1) is 0 Å². The summed E-state index contributed by atoms with van der Waals surface area (Å²) in [7, 11) is 1.78. The second-order valence-corrected chi connectivity index (χ2v) is 10.3. The van der Waals surface area contributed by atoms with Gasteiger partial charge in [0.15, 0.2) is 0 Å². The molecule has 2 saturated heterocycles. The third-order valence-electron chi connectivity index (χ3n) is 6.53. The van der Waals surface area contributed by atoms with Crippen LogP contribution in [0, 0.1) is 5.41 Å². The first kappa shape index (κ1) is 24.0. The van der Waals surface area contributed by atoms with Gasteiger partial charge < -0.3 is 19.7 Å². The molecular formula is C25H41N3O3. The number of rotatable bonds is 7. The summed E-state index contributed by atoms with van der Waals surface area (Å²) in [5, 5.41) is 3.84. The number of nitrogens with zero attached hydrogens (tertiary/aromatic N) is 2. The van der Waals surface area contributed by atoms with Crippen LogP contribution in [0.25, 0.3) is 0 Å². The zero-order valence-electron chi connectivity index (χ0n) is 19.9. The highest BCUT2D eigenvalue weighted by atomic mass is 16.6. The van der Waals surface area contributed by atoms with Crippen molar-refractivity contribution in [2.45, 2.75) is 64.6 Å². The molecule has 0 bridgehead atoms. The molecular weight excluding hydrogens is 390 g/mol. The summed E-state index contributed by atoms with van der Waals surface area (Å²) < 4.78 is 11.1. The first-order chi connectivity index (χ1) is 14.8. The number of benzene rings is 1. The molecule has 0 unspecified atom stereocenters. The Morgan fingerprint density at radius 3 is 2.32 bits per heavy atom. The minimum absolute atomic E-state index is 0.0917. The van der Waals surface area contributed by atoms with E-state index in [0.29, 0.717) is 6.04 Å². The van der Waals surface area contributed by atoms with Crippen LogP contribution in [0.15, 0.2) is 30.3 Å². The van der Waals surface area contributed by atoms with E-state index in [1.165, 1.54) is 18.4 Å². The van der Waals surface area contributed by atoms with Gasteiger partial charge >= 0.3 is 6.09 Å². The molecule has 6 nitrogen and oxygen atoms in total. The van der Waals surface area contributed by atoms with Crippen molar-refractivity contribution in [1.82, 2.24) is 15.1 Å². The molecule has 6 heteroatoms. The van der Waals surface area contributed by atoms with Crippen molar-refractivity contribution in [3.05, 3.63) is 35.9 Å². The molecule has 1 aromatic rings. The lowest BCUT2D eigenvalue weighted by Gasteiger charge is -2.43.